The van der Waals surface area contributed by atoms with E-state index in [0.29, 0.717) is 0 Å². The Bertz CT molecular complexity index is 767. The first kappa shape index (κ1) is 13.3. The molecule has 0 radical (unpaired) electrons. The smallest absolute Gasteiger partial charge is 0.137 e. The Morgan fingerprint density at radius 3 is 2.50 bits per heavy atom. The quantitative estimate of drug-likeness (QED) is 0.788. The lowest BCUT2D eigenvalue weighted by atomic mass is 10.1. The lowest BCUT2D eigenvalue weighted by Gasteiger charge is -2.34. The summed E-state index contributed by atoms with van der Waals surface area (Å²) in [6.07, 6.45) is 3.86. The van der Waals surface area contributed by atoms with E-state index >= 15 is 0 Å². The minimum atomic E-state index is 0.942. The van der Waals surface area contributed by atoms with Crippen LogP contribution in [0.15, 0.2) is 48.8 Å². The molecule has 1 N–H and O–H groups in total. The number of anilines is 1. The first-order valence-corrected chi connectivity index (χ1v) is 7.77. The SMILES string of the molecule is CN1CCN(c2ccc(-c3cnc4[nH]ccc4c3)cc2)CC1. The maximum Gasteiger partial charge on any atom is 0.137 e. The molecule has 0 amide bonds. The molecule has 1 saturated heterocycles. The van der Waals surface area contributed by atoms with Crippen LogP contribution in [-0.2, 0) is 0 Å². The van der Waals surface area contributed by atoms with Crippen LogP contribution < -0.4 is 4.90 Å². The van der Waals surface area contributed by atoms with E-state index in [-0.39, 0.29) is 0 Å². The minimum absolute atomic E-state index is 0.942. The second kappa shape index (κ2) is 5.46. The third kappa shape index (κ3) is 2.46. The molecule has 4 nitrogen and oxygen atoms in total. The third-order valence-corrected chi connectivity index (χ3v) is 4.47. The molecule has 0 unspecified atom stereocenters. The van der Waals surface area contributed by atoms with Crippen molar-refractivity contribution < 1.29 is 0 Å². The summed E-state index contributed by atoms with van der Waals surface area (Å²) in [6, 6.07) is 13.1. The second-order valence-corrected chi connectivity index (χ2v) is 5.98. The van der Waals surface area contributed by atoms with Gasteiger partial charge in [-0.15, -0.1) is 0 Å². The molecule has 0 atom stereocenters. The Labute approximate surface area is 130 Å². The molecule has 1 fully saturated rings. The minimum Gasteiger partial charge on any atom is -0.369 e. The van der Waals surface area contributed by atoms with Crippen LogP contribution in [0, 0.1) is 0 Å². The number of aromatic nitrogens is 2. The van der Waals surface area contributed by atoms with Crippen molar-refractivity contribution in [2.45, 2.75) is 0 Å². The summed E-state index contributed by atoms with van der Waals surface area (Å²) in [6.45, 7) is 4.48. The summed E-state index contributed by atoms with van der Waals surface area (Å²) in [7, 11) is 2.19. The molecule has 3 heterocycles. The van der Waals surface area contributed by atoms with E-state index in [9.17, 15) is 0 Å². The number of hydrogen-bond donors (Lipinski definition) is 1. The summed E-state index contributed by atoms with van der Waals surface area (Å²) < 4.78 is 0. The predicted molar refractivity (Wildman–Crippen MR) is 91.2 cm³/mol. The van der Waals surface area contributed by atoms with Gasteiger partial charge in [0.25, 0.3) is 0 Å². The number of likely N-dealkylation sites (N-methyl/N-ethyl adjacent to an activating group) is 1. The molecule has 1 aliphatic heterocycles. The van der Waals surface area contributed by atoms with E-state index in [0.717, 1.165) is 42.8 Å². The number of aromatic amines is 1. The highest BCUT2D eigenvalue weighted by molar-refractivity contribution is 5.81. The lowest BCUT2D eigenvalue weighted by Crippen LogP contribution is -2.44. The van der Waals surface area contributed by atoms with E-state index in [1.54, 1.807) is 0 Å². The van der Waals surface area contributed by atoms with Crippen molar-refractivity contribution in [3.63, 3.8) is 0 Å². The monoisotopic (exact) mass is 292 g/mol. The molecule has 0 spiro atoms. The summed E-state index contributed by atoms with van der Waals surface area (Å²) in [5.41, 5.74) is 4.64. The first-order valence-electron chi connectivity index (χ1n) is 7.77. The molecule has 0 aliphatic carbocycles. The van der Waals surface area contributed by atoms with Crippen LogP contribution in [0.2, 0.25) is 0 Å². The second-order valence-electron chi connectivity index (χ2n) is 5.98. The van der Waals surface area contributed by atoms with E-state index < -0.39 is 0 Å². The Morgan fingerprint density at radius 2 is 1.73 bits per heavy atom. The molecule has 2 aromatic heterocycles. The van der Waals surface area contributed by atoms with Crippen molar-refractivity contribution in [2.75, 3.05) is 38.1 Å². The highest BCUT2D eigenvalue weighted by atomic mass is 15.2. The lowest BCUT2D eigenvalue weighted by molar-refractivity contribution is 0.313. The summed E-state index contributed by atoms with van der Waals surface area (Å²) in [5.74, 6) is 0. The zero-order valence-electron chi connectivity index (χ0n) is 12.8. The summed E-state index contributed by atoms with van der Waals surface area (Å²) in [5, 5.41) is 1.15. The number of rotatable bonds is 2. The van der Waals surface area contributed by atoms with Crippen LogP contribution in [0.25, 0.3) is 22.2 Å². The number of hydrogen-bond acceptors (Lipinski definition) is 3. The number of piperazine rings is 1. The molecule has 3 aromatic rings. The summed E-state index contributed by atoms with van der Waals surface area (Å²) >= 11 is 0. The van der Waals surface area contributed by atoms with Crippen molar-refractivity contribution in [2.24, 2.45) is 0 Å². The van der Waals surface area contributed by atoms with E-state index in [2.05, 4.69) is 63.2 Å². The zero-order valence-corrected chi connectivity index (χ0v) is 12.8. The average molecular weight is 292 g/mol. The van der Waals surface area contributed by atoms with Gasteiger partial charge in [-0.05, 0) is 36.9 Å². The molecule has 1 aliphatic rings. The zero-order chi connectivity index (χ0) is 14.9. The molecular weight excluding hydrogens is 272 g/mol. The number of nitrogens with one attached hydrogen (secondary N) is 1. The van der Waals surface area contributed by atoms with Crippen LogP contribution in [0.1, 0.15) is 0 Å². The molecule has 0 saturated carbocycles. The molecule has 112 valence electrons. The van der Waals surface area contributed by atoms with Crippen molar-refractivity contribution in [3.8, 4) is 11.1 Å². The average Bonchev–Trinajstić information content (AvgIpc) is 3.03. The Kier molecular flexibility index (Phi) is 3.31. The first-order chi connectivity index (χ1) is 10.8. The van der Waals surface area contributed by atoms with Gasteiger partial charge in [0.05, 0.1) is 0 Å². The Morgan fingerprint density at radius 1 is 0.955 bits per heavy atom. The van der Waals surface area contributed by atoms with E-state index in [4.69, 9.17) is 0 Å². The van der Waals surface area contributed by atoms with Gasteiger partial charge in [0.15, 0.2) is 0 Å². The molecule has 22 heavy (non-hydrogen) atoms. The van der Waals surface area contributed by atoms with Crippen molar-refractivity contribution >= 4 is 16.7 Å². The van der Waals surface area contributed by atoms with Crippen LogP contribution >= 0.6 is 0 Å². The van der Waals surface area contributed by atoms with Gasteiger partial charge in [-0.25, -0.2) is 4.98 Å². The van der Waals surface area contributed by atoms with Crippen LogP contribution in [0.3, 0.4) is 0 Å². The molecule has 1 aromatic carbocycles. The summed E-state index contributed by atoms with van der Waals surface area (Å²) in [4.78, 5) is 12.4. The van der Waals surface area contributed by atoms with Crippen LogP contribution in [0.4, 0.5) is 5.69 Å². The Balaban J connectivity index is 1.58. The standard InChI is InChI=1S/C18H20N4/c1-21-8-10-22(11-9-21)17-4-2-14(3-5-17)16-12-15-6-7-19-18(15)20-13-16/h2-7,12-13H,8-11H2,1H3,(H,19,20). The van der Waals surface area contributed by atoms with Gasteiger partial charge in [0.1, 0.15) is 5.65 Å². The van der Waals surface area contributed by atoms with Gasteiger partial charge in [0.2, 0.25) is 0 Å². The molecule has 0 bridgehead atoms. The van der Waals surface area contributed by atoms with Crippen LogP contribution in [-0.4, -0.2) is 48.1 Å². The van der Waals surface area contributed by atoms with Gasteiger partial charge in [-0.2, -0.15) is 0 Å². The molecular formula is C18H20N4. The fraction of sp³-hybridized carbons (Fsp3) is 0.278. The Hall–Kier alpha value is -2.33. The van der Waals surface area contributed by atoms with E-state index in [1.165, 1.54) is 11.3 Å². The number of nitrogens with zero attached hydrogens (tertiary/aromatic N) is 3. The third-order valence-electron chi connectivity index (χ3n) is 4.47. The maximum atomic E-state index is 4.47. The highest BCUT2D eigenvalue weighted by Gasteiger charge is 2.14. The number of pyridine rings is 1. The number of H-pyrrole nitrogens is 1. The van der Waals surface area contributed by atoms with Crippen molar-refractivity contribution in [1.29, 1.82) is 0 Å². The topological polar surface area (TPSA) is 35.2 Å². The van der Waals surface area contributed by atoms with Gasteiger partial charge in [0, 0.05) is 55.2 Å². The maximum absolute atomic E-state index is 4.47. The van der Waals surface area contributed by atoms with Gasteiger partial charge in [-0.1, -0.05) is 12.1 Å². The van der Waals surface area contributed by atoms with Gasteiger partial charge < -0.3 is 14.8 Å². The number of benzene rings is 1. The normalized spacial score (nSPS) is 16.3. The molecule has 4 heteroatoms. The van der Waals surface area contributed by atoms with Gasteiger partial charge in [-0.3, -0.25) is 0 Å². The van der Waals surface area contributed by atoms with Crippen molar-refractivity contribution in [3.05, 3.63) is 48.8 Å². The predicted octanol–water partition coefficient (Wildman–Crippen LogP) is 2.98. The fourth-order valence-corrected chi connectivity index (χ4v) is 3.03. The fourth-order valence-electron chi connectivity index (χ4n) is 3.03. The highest BCUT2D eigenvalue weighted by Crippen LogP contribution is 2.25. The number of fused-ring (bicyclic) bond motifs is 1. The largest absolute Gasteiger partial charge is 0.369 e. The van der Waals surface area contributed by atoms with Crippen molar-refractivity contribution in [1.82, 2.24) is 14.9 Å². The van der Waals surface area contributed by atoms with E-state index in [1.807, 2.05) is 12.4 Å². The molecule has 4 rings (SSSR count). The van der Waals surface area contributed by atoms with Crippen LogP contribution in [0.5, 0.6) is 0 Å². The van der Waals surface area contributed by atoms with Gasteiger partial charge >= 0.3 is 0 Å².